The van der Waals surface area contributed by atoms with Crippen LogP contribution in [0, 0.1) is 0 Å². The minimum absolute atomic E-state index is 0. The van der Waals surface area contributed by atoms with Crippen LogP contribution in [0.1, 0.15) is 5.69 Å². The summed E-state index contributed by atoms with van der Waals surface area (Å²) in [5.41, 5.74) is 0.444. The maximum Gasteiger partial charge on any atom is 0.274 e. The first-order chi connectivity index (χ1) is 11.1. The monoisotopic (exact) mass is 354 g/mol. The molecule has 8 heteroatoms. The molecule has 0 saturated heterocycles. The second-order valence-electron chi connectivity index (χ2n) is 5.19. The molecule has 2 aromatic rings. The van der Waals surface area contributed by atoms with Gasteiger partial charge in [-0.1, -0.05) is 18.2 Å². The summed E-state index contributed by atoms with van der Waals surface area (Å²) < 4.78 is 6.20. The standard InChI is InChI=1S/C16H22N4O3.ClH/c1-20-16(22)13-6-4-3-5-12(13)14(19-20)11-15(21)18-8-7-17-9-10-23-2;/h3-6,17H,7-11H2,1-2H3,(H,18,21);1H. The lowest BCUT2D eigenvalue weighted by atomic mass is 10.1. The molecular formula is C16H23ClN4O3. The van der Waals surface area contributed by atoms with Crippen LogP contribution >= 0.6 is 12.4 Å². The third-order valence-corrected chi connectivity index (χ3v) is 3.47. The van der Waals surface area contributed by atoms with Crippen molar-refractivity contribution in [2.45, 2.75) is 6.42 Å². The van der Waals surface area contributed by atoms with E-state index >= 15 is 0 Å². The van der Waals surface area contributed by atoms with Gasteiger partial charge in [0.2, 0.25) is 5.91 Å². The quantitative estimate of drug-likeness (QED) is 0.664. The van der Waals surface area contributed by atoms with Gasteiger partial charge >= 0.3 is 0 Å². The topological polar surface area (TPSA) is 85.2 Å². The van der Waals surface area contributed by atoms with Gasteiger partial charge in [0.05, 0.1) is 24.1 Å². The van der Waals surface area contributed by atoms with Gasteiger partial charge in [-0.25, -0.2) is 4.68 Å². The number of nitrogens with zero attached hydrogens (tertiary/aromatic N) is 2. The van der Waals surface area contributed by atoms with E-state index in [9.17, 15) is 9.59 Å². The molecule has 0 saturated carbocycles. The first kappa shape index (κ1) is 20.1. The fourth-order valence-electron chi connectivity index (χ4n) is 2.31. The number of fused-ring (bicyclic) bond motifs is 1. The van der Waals surface area contributed by atoms with Gasteiger partial charge in [0, 0.05) is 39.2 Å². The van der Waals surface area contributed by atoms with Crippen LogP contribution in [0.3, 0.4) is 0 Å². The van der Waals surface area contributed by atoms with Gasteiger partial charge in [0.15, 0.2) is 0 Å². The lowest BCUT2D eigenvalue weighted by molar-refractivity contribution is -0.120. The molecule has 0 bridgehead atoms. The second-order valence-corrected chi connectivity index (χ2v) is 5.19. The number of halogens is 1. The van der Waals surface area contributed by atoms with Gasteiger partial charge in [0.1, 0.15) is 0 Å². The van der Waals surface area contributed by atoms with Gasteiger partial charge < -0.3 is 15.4 Å². The smallest absolute Gasteiger partial charge is 0.274 e. The van der Waals surface area contributed by atoms with E-state index in [2.05, 4.69) is 15.7 Å². The molecular weight excluding hydrogens is 332 g/mol. The van der Waals surface area contributed by atoms with E-state index in [1.54, 1.807) is 26.3 Å². The maximum absolute atomic E-state index is 12.1. The van der Waals surface area contributed by atoms with Crippen molar-refractivity contribution in [2.24, 2.45) is 7.05 Å². The molecule has 1 heterocycles. The number of aromatic nitrogens is 2. The molecule has 0 fully saturated rings. The van der Waals surface area contributed by atoms with Crippen molar-refractivity contribution in [2.75, 3.05) is 33.4 Å². The average Bonchev–Trinajstić information content (AvgIpc) is 2.55. The molecule has 1 amide bonds. The first-order valence-electron chi connectivity index (χ1n) is 7.54. The highest BCUT2D eigenvalue weighted by atomic mass is 35.5. The highest BCUT2D eigenvalue weighted by Crippen LogP contribution is 2.13. The Kier molecular flexibility index (Phi) is 8.39. The molecule has 1 aromatic heterocycles. The lowest BCUT2D eigenvalue weighted by Gasteiger charge is -2.09. The third kappa shape index (κ3) is 5.30. The summed E-state index contributed by atoms with van der Waals surface area (Å²) in [6.07, 6.45) is 0.146. The van der Waals surface area contributed by atoms with E-state index in [1.807, 2.05) is 12.1 Å². The molecule has 2 rings (SSSR count). The molecule has 0 atom stereocenters. The molecule has 0 radical (unpaired) electrons. The number of hydrogen-bond acceptors (Lipinski definition) is 5. The number of amides is 1. The van der Waals surface area contributed by atoms with Crippen LogP contribution < -0.4 is 16.2 Å². The van der Waals surface area contributed by atoms with Crippen LogP contribution in [0.4, 0.5) is 0 Å². The number of carbonyl (C=O) groups is 1. The Bertz CT molecular complexity index is 733. The van der Waals surface area contributed by atoms with Crippen LogP contribution in [0.5, 0.6) is 0 Å². The van der Waals surface area contributed by atoms with E-state index in [0.29, 0.717) is 30.8 Å². The number of rotatable bonds is 8. The van der Waals surface area contributed by atoms with Crippen molar-refractivity contribution in [1.29, 1.82) is 0 Å². The Morgan fingerprint density at radius 2 is 1.92 bits per heavy atom. The van der Waals surface area contributed by atoms with Crippen LogP contribution in [-0.2, 0) is 23.0 Å². The van der Waals surface area contributed by atoms with E-state index in [-0.39, 0.29) is 30.3 Å². The summed E-state index contributed by atoms with van der Waals surface area (Å²) in [6, 6.07) is 7.21. The molecule has 0 aliphatic heterocycles. The van der Waals surface area contributed by atoms with Crippen molar-refractivity contribution in [3.05, 3.63) is 40.3 Å². The second kappa shape index (κ2) is 10.0. The summed E-state index contributed by atoms with van der Waals surface area (Å²) in [4.78, 5) is 24.1. The summed E-state index contributed by atoms with van der Waals surface area (Å²) in [6.45, 7) is 2.60. The van der Waals surface area contributed by atoms with Gasteiger partial charge in [-0.2, -0.15) is 5.10 Å². The van der Waals surface area contributed by atoms with Crippen LogP contribution in [-0.4, -0.2) is 49.0 Å². The number of hydrogen-bond donors (Lipinski definition) is 2. The van der Waals surface area contributed by atoms with Gasteiger partial charge in [-0.05, 0) is 6.07 Å². The fraction of sp³-hybridized carbons (Fsp3) is 0.438. The van der Waals surface area contributed by atoms with E-state index < -0.39 is 0 Å². The summed E-state index contributed by atoms with van der Waals surface area (Å²) >= 11 is 0. The molecule has 132 valence electrons. The highest BCUT2D eigenvalue weighted by molar-refractivity contribution is 5.88. The molecule has 0 aliphatic carbocycles. The molecule has 0 aliphatic rings. The predicted molar refractivity (Wildman–Crippen MR) is 95.7 cm³/mol. The number of carbonyl (C=O) groups excluding carboxylic acids is 1. The average molecular weight is 355 g/mol. The molecule has 2 N–H and O–H groups in total. The number of aryl methyl sites for hydroxylation is 1. The van der Waals surface area contributed by atoms with Crippen LogP contribution in [0.25, 0.3) is 10.8 Å². The van der Waals surface area contributed by atoms with Crippen LogP contribution in [0.15, 0.2) is 29.1 Å². The third-order valence-electron chi connectivity index (χ3n) is 3.47. The van der Waals surface area contributed by atoms with E-state index in [4.69, 9.17) is 4.74 Å². The summed E-state index contributed by atoms with van der Waals surface area (Å²) in [7, 11) is 3.24. The predicted octanol–water partition coefficient (Wildman–Crippen LogP) is 0.250. The lowest BCUT2D eigenvalue weighted by Crippen LogP contribution is -2.34. The minimum Gasteiger partial charge on any atom is -0.383 e. The van der Waals surface area contributed by atoms with Crippen molar-refractivity contribution < 1.29 is 9.53 Å². The normalized spacial score (nSPS) is 10.4. The number of ether oxygens (including phenoxy) is 1. The Morgan fingerprint density at radius 1 is 1.21 bits per heavy atom. The van der Waals surface area contributed by atoms with E-state index in [1.165, 1.54) is 4.68 Å². The summed E-state index contributed by atoms with van der Waals surface area (Å²) in [5, 5.41) is 11.5. The molecule has 7 nitrogen and oxygen atoms in total. The fourth-order valence-corrected chi connectivity index (χ4v) is 2.31. The Morgan fingerprint density at radius 3 is 2.62 bits per heavy atom. The molecule has 0 spiro atoms. The largest absolute Gasteiger partial charge is 0.383 e. The highest BCUT2D eigenvalue weighted by Gasteiger charge is 2.11. The minimum atomic E-state index is -0.160. The SMILES string of the molecule is COCCNCCNC(=O)Cc1nn(C)c(=O)c2ccccc12.Cl. The first-order valence-corrected chi connectivity index (χ1v) is 7.54. The van der Waals surface area contributed by atoms with Gasteiger partial charge in [0.25, 0.3) is 5.56 Å². The Labute approximate surface area is 146 Å². The Hall–Kier alpha value is -1.96. The number of benzene rings is 1. The van der Waals surface area contributed by atoms with Crippen molar-refractivity contribution in [3.8, 4) is 0 Å². The zero-order chi connectivity index (χ0) is 16.7. The van der Waals surface area contributed by atoms with Gasteiger partial charge in [-0.15, -0.1) is 12.4 Å². The summed E-state index contributed by atoms with van der Waals surface area (Å²) in [5.74, 6) is -0.116. The maximum atomic E-state index is 12.1. The van der Waals surface area contributed by atoms with Crippen molar-refractivity contribution in [3.63, 3.8) is 0 Å². The molecule has 24 heavy (non-hydrogen) atoms. The molecule has 1 aromatic carbocycles. The Balaban J connectivity index is 0.00000288. The van der Waals surface area contributed by atoms with E-state index in [0.717, 1.165) is 11.9 Å². The van der Waals surface area contributed by atoms with Gasteiger partial charge in [-0.3, -0.25) is 9.59 Å². The number of nitrogens with one attached hydrogen (secondary N) is 2. The zero-order valence-electron chi connectivity index (χ0n) is 13.9. The van der Waals surface area contributed by atoms with Crippen LogP contribution in [0.2, 0.25) is 0 Å². The molecule has 0 unspecified atom stereocenters. The van der Waals surface area contributed by atoms with Crippen molar-refractivity contribution >= 4 is 29.1 Å². The zero-order valence-corrected chi connectivity index (χ0v) is 14.7. The number of methoxy groups -OCH3 is 1. The van der Waals surface area contributed by atoms with Crippen molar-refractivity contribution in [1.82, 2.24) is 20.4 Å².